The van der Waals surface area contributed by atoms with E-state index in [0.29, 0.717) is 10.9 Å². The van der Waals surface area contributed by atoms with Crippen molar-refractivity contribution < 1.29 is 9.90 Å². The van der Waals surface area contributed by atoms with E-state index in [-0.39, 0.29) is 0 Å². The van der Waals surface area contributed by atoms with Crippen LogP contribution in [0.5, 0.6) is 0 Å². The van der Waals surface area contributed by atoms with Gasteiger partial charge in [-0.1, -0.05) is 12.1 Å². The van der Waals surface area contributed by atoms with Crippen LogP contribution in [0.25, 0.3) is 5.70 Å². The first-order valence-corrected chi connectivity index (χ1v) is 5.57. The van der Waals surface area contributed by atoms with Crippen molar-refractivity contribution >= 4 is 23.4 Å². The van der Waals surface area contributed by atoms with Crippen LogP contribution in [0.3, 0.4) is 0 Å². The second-order valence-electron chi connectivity index (χ2n) is 3.34. The number of carboxylic acid groups (broad SMARTS) is 1. The summed E-state index contributed by atoms with van der Waals surface area (Å²) in [5.41, 5.74) is 2.40. The highest BCUT2D eigenvalue weighted by atomic mass is 32.2. The average Bonchev–Trinajstić information content (AvgIpc) is 2.65. The Balaban J connectivity index is 2.21. The van der Waals surface area contributed by atoms with E-state index >= 15 is 0 Å². The standard InChI is InChI=1S/C11H11NO2S/c1-7-12-10(6-15-7)8-2-4-9(5-3-8)11(13)14/h2-7,12H,1H3,(H,13,14). The zero-order chi connectivity index (χ0) is 10.8. The van der Waals surface area contributed by atoms with Gasteiger partial charge in [-0.25, -0.2) is 4.79 Å². The second kappa shape index (κ2) is 3.98. The van der Waals surface area contributed by atoms with Crippen molar-refractivity contribution in [2.75, 3.05) is 0 Å². The van der Waals surface area contributed by atoms with Crippen molar-refractivity contribution in [1.29, 1.82) is 0 Å². The first-order valence-electron chi connectivity index (χ1n) is 4.63. The lowest BCUT2D eigenvalue weighted by atomic mass is 10.1. The van der Waals surface area contributed by atoms with Gasteiger partial charge in [0.05, 0.1) is 10.9 Å². The van der Waals surface area contributed by atoms with E-state index in [2.05, 4.69) is 17.6 Å². The summed E-state index contributed by atoms with van der Waals surface area (Å²) >= 11 is 1.72. The molecule has 3 nitrogen and oxygen atoms in total. The minimum atomic E-state index is -0.891. The molecular formula is C11H11NO2S. The monoisotopic (exact) mass is 221 g/mol. The fourth-order valence-corrected chi connectivity index (χ4v) is 2.14. The predicted molar refractivity (Wildman–Crippen MR) is 61.6 cm³/mol. The van der Waals surface area contributed by atoms with Gasteiger partial charge in [-0.15, -0.1) is 11.8 Å². The van der Waals surface area contributed by atoms with Gasteiger partial charge in [-0.3, -0.25) is 0 Å². The van der Waals surface area contributed by atoms with Gasteiger partial charge in [0.2, 0.25) is 0 Å². The van der Waals surface area contributed by atoms with E-state index in [9.17, 15) is 4.79 Å². The summed E-state index contributed by atoms with van der Waals surface area (Å²) in [6.07, 6.45) is 0. The molecule has 2 N–H and O–H groups in total. The van der Waals surface area contributed by atoms with Crippen LogP contribution in [0.4, 0.5) is 0 Å². The quantitative estimate of drug-likeness (QED) is 0.805. The van der Waals surface area contributed by atoms with Gasteiger partial charge in [0.15, 0.2) is 0 Å². The van der Waals surface area contributed by atoms with E-state index in [1.165, 1.54) is 0 Å². The molecule has 0 bridgehead atoms. The molecule has 0 aliphatic carbocycles. The first kappa shape index (κ1) is 10.1. The number of nitrogens with one attached hydrogen (secondary N) is 1. The van der Waals surface area contributed by atoms with Crippen LogP contribution in [0, 0.1) is 0 Å². The molecule has 0 aromatic heterocycles. The fourth-order valence-electron chi connectivity index (χ4n) is 1.40. The highest BCUT2D eigenvalue weighted by Crippen LogP contribution is 2.26. The van der Waals surface area contributed by atoms with Gasteiger partial charge in [-0.05, 0) is 30.0 Å². The average molecular weight is 221 g/mol. The third-order valence-electron chi connectivity index (χ3n) is 2.19. The van der Waals surface area contributed by atoms with Crippen molar-refractivity contribution in [2.24, 2.45) is 0 Å². The minimum absolute atomic E-state index is 0.318. The topological polar surface area (TPSA) is 49.3 Å². The van der Waals surface area contributed by atoms with Crippen molar-refractivity contribution in [2.45, 2.75) is 12.3 Å². The molecule has 0 radical (unpaired) electrons. The van der Waals surface area contributed by atoms with E-state index in [1.54, 1.807) is 23.9 Å². The summed E-state index contributed by atoms with van der Waals surface area (Å²) in [6, 6.07) is 6.88. The third-order valence-corrected chi connectivity index (χ3v) is 3.09. The molecule has 0 spiro atoms. The Kier molecular flexibility index (Phi) is 2.68. The van der Waals surface area contributed by atoms with E-state index in [1.807, 2.05) is 12.1 Å². The zero-order valence-electron chi connectivity index (χ0n) is 8.23. The van der Waals surface area contributed by atoms with E-state index < -0.39 is 5.97 Å². The number of thioether (sulfide) groups is 1. The number of carboxylic acids is 1. The van der Waals surface area contributed by atoms with Gasteiger partial charge in [0, 0.05) is 5.70 Å². The summed E-state index contributed by atoms with van der Waals surface area (Å²) in [5.74, 6) is -0.891. The molecule has 1 aliphatic rings. The summed E-state index contributed by atoms with van der Waals surface area (Å²) in [5, 5.41) is 14.5. The first-order chi connectivity index (χ1) is 7.16. The largest absolute Gasteiger partial charge is 0.478 e. The molecule has 0 saturated carbocycles. The number of rotatable bonds is 2. The van der Waals surface area contributed by atoms with Crippen LogP contribution < -0.4 is 5.32 Å². The van der Waals surface area contributed by atoms with E-state index in [0.717, 1.165) is 11.3 Å². The number of hydrogen-bond donors (Lipinski definition) is 2. The fraction of sp³-hybridized carbons (Fsp3) is 0.182. The Hall–Kier alpha value is -1.42. The van der Waals surface area contributed by atoms with Crippen LogP contribution in [-0.2, 0) is 0 Å². The molecular weight excluding hydrogens is 210 g/mol. The number of benzene rings is 1. The maximum absolute atomic E-state index is 10.7. The van der Waals surface area contributed by atoms with Crippen LogP contribution in [-0.4, -0.2) is 16.4 Å². The molecule has 0 fully saturated rings. The summed E-state index contributed by atoms with van der Waals surface area (Å²) in [7, 11) is 0. The molecule has 15 heavy (non-hydrogen) atoms. The van der Waals surface area contributed by atoms with Crippen LogP contribution in [0.1, 0.15) is 22.8 Å². The summed E-state index contributed by atoms with van der Waals surface area (Å²) in [6.45, 7) is 2.08. The Morgan fingerprint density at radius 3 is 2.53 bits per heavy atom. The van der Waals surface area contributed by atoms with Gasteiger partial charge in [0.25, 0.3) is 0 Å². The van der Waals surface area contributed by atoms with Gasteiger partial charge in [0.1, 0.15) is 0 Å². The maximum Gasteiger partial charge on any atom is 0.335 e. The van der Waals surface area contributed by atoms with Gasteiger partial charge in [-0.2, -0.15) is 0 Å². The third kappa shape index (κ3) is 2.15. The van der Waals surface area contributed by atoms with Crippen LogP contribution in [0.15, 0.2) is 29.7 Å². The predicted octanol–water partition coefficient (Wildman–Crippen LogP) is 2.37. The molecule has 1 heterocycles. The lowest BCUT2D eigenvalue weighted by molar-refractivity contribution is 0.0697. The molecule has 0 saturated heterocycles. The Morgan fingerprint density at radius 1 is 1.40 bits per heavy atom. The number of carbonyl (C=O) groups is 1. The summed E-state index contributed by atoms with van der Waals surface area (Å²) < 4.78 is 0. The van der Waals surface area contributed by atoms with Gasteiger partial charge < -0.3 is 10.4 Å². The maximum atomic E-state index is 10.7. The Bertz CT molecular complexity index is 411. The Morgan fingerprint density at radius 2 is 2.07 bits per heavy atom. The van der Waals surface area contributed by atoms with Gasteiger partial charge >= 0.3 is 5.97 Å². The highest BCUT2D eigenvalue weighted by molar-refractivity contribution is 8.03. The van der Waals surface area contributed by atoms with Crippen LogP contribution in [0.2, 0.25) is 0 Å². The van der Waals surface area contributed by atoms with Crippen molar-refractivity contribution in [3.63, 3.8) is 0 Å². The number of hydrogen-bond acceptors (Lipinski definition) is 3. The molecule has 2 rings (SSSR count). The molecule has 78 valence electrons. The summed E-state index contributed by atoms with van der Waals surface area (Å²) in [4.78, 5) is 10.7. The lowest BCUT2D eigenvalue weighted by Gasteiger charge is -2.07. The zero-order valence-corrected chi connectivity index (χ0v) is 9.04. The Labute approximate surface area is 92.2 Å². The molecule has 4 heteroatoms. The smallest absolute Gasteiger partial charge is 0.335 e. The van der Waals surface area contributed by atoms with E-state index in [4.69, 9.17) is 5.11 Å². The van der Waals surface area contributed by atoms with Crippen LogP contribution >= 0.6 is 11.8 Å². The molecule has 0 amide bonds. The SMILES string of the molecule is CC1NC(c2ccc(C(=O)O)cc2)=CS1. The van der Waals surface area contributed by atoms with Crippen molar-refractivity contribution in [1.82, 2.24) is 5.32 Å². The minimum Gasteiger partial charge on any atom is -0.478 e. The highest BCUT2D eigenvalue weighted by Gasteiger charge is 2.13. The second-order valence-corrected chi connectivity index (χ2v) is 4.55. The van der Waals surface area contributed by atoms with Crippen molar-refractivity contribution in [3.05, 3.63) is 40.8 Å². The molecule has 1 aliphatic heterocycles. The van der Waals surface area contributed by atoms with Crippen molar-refractivity contribution in [3.8, 4) is 0 Å². The molecule has 1 unspecified atom stereocenters. The molecule has 1 atom stereocenters. The normalized spacial score (nSPS) is 19.5. The lowest BCUT2D eigenvalue weighted by Crippen LogP contribution is -2.15. The molecule has 1 aromatic rings. The number of aromatic carboxylic acids is 1. The molecule has 1 aromatic carbocycles.